The Balaban J connectivity index is 1.74. The van der Waals surface area contributed by atoms with Crippen molar-refractivity contribution in [3.63, 3.8) is 0 Å². The van der Waals surface area contributed by atoms with Crippen LogP contribution in [-0.4, -0.2) is 55.5 Å². The highest BCUT2D eigenvalue weighted by Crippen LogP contribution is 2.22. The van der Waals surface area contributed by atoms with Crippen molar-refractivity contribution < 1.29 is 9.18 Å². The lowest BCUT2D eigenvalue weighted by Crippen LogP contribution is -2.48. The Morgan fingerprint density at radius 3 is 2.38 bits per heavy atom. The summed E-state index contributed by atoms with van der Waals surface area (Å²) in [6.07, 6.45) is 0. The van der Waals surface area contributed by atoms with Crippen LogP contribution in [0.2, 0.25) is 0 Å². The average molecular weight is 355 g/mol. The molecule has 0 radical (unpaired) electrons. The van der Waals surface area contributed by atoms with Crippen molar-refractivity contribution in [2.24, 2.45) is 0 Å². The van der Waals surface area contributed by atoms with Crippen molar-refractivity contribution in [1.82, 2.24) is 15.1 Å². The Morgan fingerprint density at radius 1 is 1.08 bits per heavy atom. The van der Waals surface area contributed by atoms with E-state index in [4.69, 9.17) is 0 Å². The monoisotopic (exact) mass is 355 g/mol. The summed E-state index contributed by atoms with van der Waals surface area (Å²) >= 11 is 0. The Hall–Kier alpha value is -2.24. The molecule has 2 aromatic carbocycles. The summed E-state index contributed by atoms with van der Waals surface area (Å²) in [6, 6.07) is 14.6. The van der Waals surface area contributed by atoms with Gasteiger partial charge in [-0.25, -0.2) is 4.39 Å². The van der Waals surface area contributed by atoms with Crippen LogP contribution in [0, 0.1) is 12.7 Å². The third kappa shape index (κ3) is 4.48. The Labute approximate surface area is 154 Å². The average Bonchev–Trinajstić information content (AvgIpc) is 2.65. The number of hydrogen-bond acceptors (Lipinski definition) is 3. The van der Waals surface area contributed by atoms with Crippen LogP contribution in [0.5, 0.6) is 0 Å². The summed E-state index contributed by atoms with van der Waals surface area (Å²) in [5.41, 5.74) is 2.48. The van der Waals surface area contributed by atoms with Crippen LogP contribution >= 0.6 is 0 Å². The largest absolute Gasteiger partial charge is 0.350 e. The van der Waals surface area contributed by atoms with Crippen molar-refractivity contribution >= 4 is 5.91 Å². The van der Waals surface area contributed by atoms with Gasteiger partial charge in [-0.2, -0.15) is 0 Å². The van der Waals surface area contributed by atoms with Crippen LogP contribution in [0.4, 0.5) is 4.39 Å². The zero-order chi connectivity index (χ0) is 18.5. The molecule has 1 N–H and O–H groups in total. The number of benzene rings is 2. The van der Waals surface area contributed by atoms with Crippen LogP contribution in [0.3, 0.4) is 0 Å². The number of nitrogens with zero attached hydrogens (tertiary/aromatic N) is 2. The van der Waals surface area contributed by atoms with Gasteiger partial charge in [0.05, 0.1) is 11.6 Å². The Morgan fingerprint density at radius 2 is 1.73 bits per heavy atom. The van der Waals surface area contributed by atoms with Gasteiger partial charge in [-0.3, -0.25) is 9.69 Å². The first-order chi connectivity index (χ1) is 12.5. The van der Waals surface area contributed by atoms with E-state index >= 15 is 0 Å². The van der Waals surface area contributed by atoms with E-state index in [1.54, 1.807) is 12.1 Å². The number of halogens is 1. The molecule has 0 aliphatic carbocycles. The van der Waals surface area contributed by atoms with E-state index in [1.165, 1.54) is 23.3 Å². The highest BCUT2D eigenvalue weighted by Gasteiger charge is 2.24. The molecular formula is C21H26FN3O. The Kier molecular flexibility index (Phi) is 6.01. The molecule has 1 aliphatic heterocycles. The second-order valence-corrected chi connectivity index (χ2v) is 6.96. The molecule has 1 amide bonds. The van der Waals surface area contributed by atoms with E-state index in [0.29, 0.717) is 6.54 Å². The summed E-state index contributed by atoms with van der Waals surface area (Å²) in [5.74, 6) is -0.856. The third-order valence-corrected chi connectivity index (χ3v) is 5.02. The fourth-order valence-electron chi connectivity index (χ4n) is 3.31. The van der Waals surface area contributed by atoms with Gasteiger partial charge in [-0.05, 0) is 31.7 Å². The van der Waals surface area contributed by atoms with Crippen LogP contribution in [-0.2, 0) is 0 Å². The molecule has 2 aromatic rings. The van der Waals surface area contributed by atoms with Crippen LogP contribution in [0.15, 0.2) is 48.5 Å². The maximum Gasteiger partial charge on any atom is 0.254 e. The minimum Gasteiger partial charge on any atom is -0.350 e. The standard InChI is InChI=1S/C21H26FN3O/c1-16-7-9-17(10-8-16)20(25-13-11-24(2)12-14-25)15-23-21(26)18-5-3-4-6-19(18)22/h3-10,20H,11-15H2,1-2H3,(H,23,26)/t20-/m1/s1. The number of carbonyl (C=O) groups is 1. The number of aryl methyl sites for hydroxylation is 1. The van der Waals surface area contributed by atoms with E-state index in [0.717, 1.165) is 26.2 Å². The van der Waals surface area contributed by atoms with Gasteiger partial charge in [0.1, 0.15) is 5.82 Å². The molecule has 1 saturated heterocycles. The molecule has 26 heavy (non-hydrogen) atoms. The number of carbonyl (C=O) groups excluding carboxylic acids is 1. The summed E-state index contributed by atoms with van der Waals surface area (Å²) in [6.45, 7) is 6.43. The van der Waals surface area contributed by atoms with Crippen LogP contribution < -0.4 is 5.32 Å². The SMILES string of the molecule is Cc1ccc([C@@H](CNC(=O)c2ccccc2F)N2CCN(C)CC2)cc1. The molecule has 138 valence electrons. The van der Waals surface area contributed by atoms with Gasteiger partial charge in [0.15, 0.2) is 0 Å². The first kappa shape index (κ1) is 18.5. The predicted molar refractivity (Wildman–Crippen MR) is 102 cm³/mol. The number of hydrogen-bond donors (Lipinski definition) is 1. The van der Waals surface area contributed by atoms with E-state index in [-0.39, 0.29) is 17.5 Å². The van der Waals surface area contributed by atoms with Gasteiger partial charge in [0.25, 0.3) is 5.91 Å². The number of nitrogens with one attached hydrogen (secondary N) is 1. The van der Waals surface area contributed by atoms with Crippen molar-refractivity contribution in [3.8, 4) is 0 Å². The third-order valence-electron chi connectivity index (χ3n) is 5.02. The topological polar surface area (TPSA) is 35.6 Å². The number of piperazine rings is 1. The number of likely N-dealkylation sites (N-methyl/N-ethyl adjacent to an activating group) is 1. The molecule has 0 bridgehead atoms. The zero-order valence-electron chi connectivity index (χ0n) is 15.4. The smallest absolute Gasteiger partial charge is 0.254 e. The van der Waals surface area contributed by atoms with Gasteiger partial charge in [0, 0.05) is 32.7 Å². The maximum absolute atomic E-state index is 13.9. The molecule has 1 aliphatic rings. The maximum atomic E-state index is 13.9. The lowest BCUT2D eigenvalue weighted by Gasteiger charge is -2.38. The van der Waals surface area contributed by atoms with E-state index in [2.05, 4.69) is 53.4 Å². The quantitative estimate of drug-likeness (QED) is 0.896. The molecular weight excluding hydrogens is 329 g/mol. The molecule has 5 heteroatoms. The molecule has 1 heterocycles. The normalized spacial score (nSPS) is 17.0. The second-order valence-electron chi connectivity index (χ2n) is 6.96. The van der Waals surface area contributed by atoms with E-state index < -0.39 is 5.82 Å². The minimum atomic E-state index is -0.489. The number of amides is 1. The molecule has 1 fully saturated rings. The summed E-state index contributed by atoms with van der Waals surface area (Å²) < 4.78 is 13.9. The van der Waals surface area contributed by atoms with Gasteiger partial charge >= 0.3 is 0 Å². The fraction of sp³-hybridized carbons (Fsp3) is 0.381. The van der Waals surface area contributed by atoms with E-state index in [9.17, 15) is 9.18 Å². The molecule has 3 rings (SSSR count). The van der Waals surface area contributed by atoms with Crippen molar-refractivity contribution in [2.45, 2.75) is 13.0 Å². The van der Waals surface area contributed by atoms with Crippen molar-refractivity contribution in [1.29, 1.82) is 0 Å². The molecule has 0 saturated carbocycles. The summed E-state index contributed by atoms with van der Waals surface area (Å²) in [5, 5.41) is 2.93. The van der Waals surface area contributed by atoms with Gasteiger partial charge in [-0.1, -0.05) is 42.0 Å². The van der Waals surface area contributed by atoms with Gasteiger partial charge in [-0.15, -0.1) is 0 Å². The summed E-state index contributed by atoms with van der Waals surface area (Å²) in [7, 11) is 2.12. The lowest BCUT2D eigenvalue weighted by molar-refractivity contribution is 0.0883. The van der Waals surface area contributed by atoms with Crippen LogP contribution in [0.1, 0.15) is 27.5 Å². The molecule has 0 unspecified atom stereocenters. The minimum absolute atomic E-state index is 0.0834. The van der Waals surface area contributed by atoms with Gasteiger partial charge < -0.3 is 10.2 Å². The van der Waals surface area contributed by atoms with Crippen molar-refractivity contribution in [2.75, 3.05) is 39.8 Å². The second kappa shape index (κ2) is 8.43. The van der Waals surface area contributed by atoms with Gasteiger partial charge in [0.2, 0.25) is 0 Å². The lowest BCUT2D eigenvalue weighted by atomic mass is 10.0. The summed E-state index contributed by atoms with van der Waals surface area (Å²) in [4.78, 5) is 17.1. The zero-order valence-corrected chi connectivity index (χ0v) is 15.4. The molecule has 0 aromatic heterocycles. The number of rotatable bonds is 5. The first-order valence-electron chi connectivity index (χ1n) is 9.06. The molecule has 4 nitrogen and oxygen atoms in total. The van der Waals surface area contributed by atoms with Crippen molar-refractivity contribution in [3.05, 3.63) is 71.0 Å². The predicted octanol–water partition coefficient (Wildman–Crippen LogP) is 2.85. The molecule has 1 atom stereocenters. The highest BCUT2D eigenvalue weighted by molar-refractivity contribution is 5.94. The first-order valence-corrected chi connectivity index (χ1v) is 9.06. The Bertz CT molecular complexity index is 739. The van der Waals surface area contributed by atoms with E-state index in [1.807, 2.05) is 0 Å². The van der Waals surface area contributed by atoms with Crippen LogP contribution in [0.25, 0.3) is 0 Å². The highest BCUT2D eigenvalue weighted by atomic mass is 19.1. The fourth-order valence-corrected chi connectivity index (χ4v) is 3.31. The molecule has 0 spiro atoms.